The molecule has 0 spiro atoms. The highest BCUT2D eigenvalue weighted by Gasteiger charge is 2.43. The van der Waals surface area contributed by atoms with Gasteiger partial charge >= 0.3 is 5.97 Å². The number of nitrogens with zero attached hydrogens (tertiary/aromatic N) is 1. The molecule has 1 unspecified atom stereocenters. The molecule has 1 aliphatic heterocycles. The number of hydrogen-bond donors (Lipinski definition) is 2. The summed E-state index contributed by atoms with van der Waals surface area (Å²) in [5.41, 5.74) is 4.57. The van der Waals surface area contributed by atoms with E-state index < -0.39 is 16.8 Å². The number of hydrogen-bond acceptors (Lipinski definition) is 3. The SMILES string of the molecule is CCCC1(C(=O)O)CCN(C(=O)C(C)(CC)CN)CC1. The lowest BCUT2D eigenvalue weighted by Gasteiger charge is -2.41. The number of piperidine rings is 1. The maximum Gasteiger partial charge on any atom is 0.309 e. The third kappa shape index (κ3) is 3.14. The number of rotatable bonds is 6. The fourth-order valence-electron chi connectivity index (χ4n) is 2.95. The number of nitrogens with two attached hydrogens (primary N) is 1. The zero-order valence-electron chi connectivity index (χ0n) is 12.9. The van der Waals surface area contributed by atoms with Crippen molar-refractivity contribution in [1.29, 1.82) is 0 Å². The average Bonchev–Trinajstić information content (AvgIpc) is 2.46. The molecule has 1 fully saturated rings. The predicted molar refractivity (Wildman–Crippen MR) is 78.2 cm³/mol. The minimum atomic E-state index is -0.719. The van der Waals surface area contributed by atoms with Gasteiger partial charge < -0.3 is 15.7 Å². The summed E-state index contributed by atoms with van der Waals surface area (Å²) in [6.07, 6.45) is 3.35. The topological polar surface area (TPSA) is 83.6 Å². The van der Waals surface area contributed by atoms with Gasteiger partial charge in [0.05, 0.1) is 10.8 Å². The zero-order valence-corrected chi connectivity index (χ0v) is 12.9. The van der Waals surface area contributed by atoms with Crippen molar-refractivity contribution < 1.29 is 14.7 Å². The van der Waals surface area contributed by atoms with Crippen LogP contribution in [0.3, 0.4) is 0 Å². The number of aliphatic carboxylic acids is 1. The lowest BCUT2D eigenvalue weighted by atomic mass is 9.74. The van der Waals surface area contributed by atoms with Gasteiger partial charge in [0.25, 0.3) is 0 Å². The number of carbonyl (C=O) groups is 2. The predicted octanol–water partition coefficient (Wildman–Crippen LogP) is 1.85. The first kappa shape index (κ1) is 17.0. The molecule has 0 bridgehead atoms. The maximum atomic E-state index is 12.5. The first-order valence-electron chi connectivity index (χ1n) is 7.58. The number of carboxylic acid groups (broad SMARTS) is 1. The summed E-state index contributed by atoms with van der Waals surface area (Å²) >= 11 is 0. The average molecular weight is 284 g/mol. The molecule has 1 atom stereocenters. The van der Waals surface area contributed by atoms with E-state index in [0.717, 1.165) is 6.42 Å². The van der Waals surface area contributed by atoms with Gasteiger partial charge in [0.15, 0.2) is 0 Å². The van der Waals surface area contributed by atoms with Crippen molar-refractivity contribution in [1.82, 2.24) is 4.90 Å². The summed E-state index contributed by atoms with van der Waals surface area (Å²) in [5, 5.41) is 9.47. The molecule has 1 amide bonds. The second kappa shape index (κ2) is 6.57. The van der Waals surface area contributed by atoms with Crippen molar-refractivity contribution >= 4 is 11.9 Å². The highest BCUT2D eigenvalue weighted by Crippen LogP contribution is 2.37. The molecule has 0 aromatic rings. The summed E-state index contributed by atoms with van der Waals surface area (Å²) in [6, 6.07) is 0. The molecule has 0 saturated carbocycles. The van der Waals surface area contributed by atoms with E-state index in [0.29, 0.717) is 45.3 Å². The summed E-state index contributed by atoms with van der Waals surface area (Å²) in [4.78, 5) is 25.8. The Balaban J connectivity index is 2.75. The quantitative estimate of drug-likeness (QED) is 0.779. The van der Waals surface area contributed by atoms with Crippen LogP contribution in [-0.4, -0.2) is 41.5 Å². The minimum absolute atomic E-state index is 0.0676. The third-order valence-electron chi connectivity index (χ3n) is 4.94. The van der Waals surface area contributed by atoms with Crippen LogP contribution in [0.25, 0.3) is 0 Å². The molecule has 0 aromatic heterocycles. The largest absolute Gasteiger partial charge is 0.481 e. The van der Waals surface area contributed by atoms with Crippen LogP contribution >= 0.6 is 0 Å². The van der Waals surface area contributed by atoms with E-state index in [2.05, 4.69) is 0 Å². The second-order valence-corrected chi connectivity index (χ2v) is 6.25. The van der Waals surface area contributed by atoms with Crippen molar-refractivity contribution in [2.75, 3.05) is 19.6 Å². The van der Waals surface area contributed by atoms with E-state index >= 15 is 0 Å². The van der Waals surface area contributed by atoms with E-state index in [1.54, 1.807) is 4.90 Å². The maximum absolute atomic E-state index is 12.5. The Morgan fingerprint density at radius 1 is 1.30 bits per heavy atom. The number of carbonyl (C=O) groups excluding carboxylic acids is 1. The van der Waals surface area contributed by atoms with Crippen LogP contribution in [0.2, 0.25) is 0 Å². The Bertz CT molecular complexity index is 356. The van der Waals surface area contributed by atoms with E-state index in [1.165, 1.54) is 0 Å². The molecule has 1 rings (SSSR count). The molecule has 20 heavy (non-hydrogen) atoms. The van der Waals surface area contributed by atoms with Crippen LogP contribution in [0.1, 0.15) is 52.9 Å². The highest BCUT2D eigenvalue weighted by molar-refractivity contribution is 5.83. The molecule has 1 heterocycles. The molecular formula is C15H28N2O3. The molecule has 5 nitrogen and oxygen atoms in total. The van der Waals surface area contributed by atoms with Crippen LogP contribution in [0.5, 0.6) is 0 Å². The van der Waals surface area contributed by atoms with Crippen molar-refractivity contribution in [2.45, 2.75) is 52.9 Å². The Labute approximate surface area is 121 Å². The van der Waals surface area contributed by atoms with Gasteiger partial charge in [0, 0.05) is 19.6 Å². The lowest BCUT2D eigenvalue weighted by molar-refractivity contribution is -0.157. The molecule has 5 heteroatoms. The van der Waals surface area contributed by atoms with Crippen LogP contribution in [0.4, 0.5) is 0 Å². The molecule has 0 radical (unpaired) electrons. The summed E-state index contributed by atoms with van der Waals surface area (Å²) in [6.45, 7) is 7.25. The van der Waals surface area contributed by atoms with Gasteiger partial charge in [-0.3, -0.25) is 9.59 Å². The zero-order chi connectivity index (χ0) is 15.4. The molecule has 3 N–H and O–H groups in total. The molecule has 1 saturated heterocycles. The van der Waals surface area contributed by atoms with Crippen molar-refractivity contribution in [3.8, 4) is 0 Å². The standard InChI is InChI=1S/C15H28N2O3/c1-4-6-15(13(19)20)7-9-17(10-8-15)12(18)14(3,5-2)11-16/h4-11,16H2,1-3H3,(H,19,20). The summed E-state index contributed by atoms with van der Waals surface area (Å²) in [7, 11) is 0. The van der Waals surface area contributed by atoms with Gasteiger partial charge in [0.1, 0.15) is 0 Å². The molecule has 0 aliphatic carbocycles. The van der Waals surface area contributed by atoms with Crippen LogP contribution < -0.4 is 5.73 Å². The van der Waals surface area contributed by atoms with Crippen LogP contribution in [-0.2, 0) is 9.59 Å². The second-order valence-electron chi connectivity index (χ2n) is 6.25. The van der Waals surface area contributed by atoms with E-state index in [1.807, 2.05) is 20.8 Å². The van der Waals surface area contributed by atoms with Crippen molar-refractivity contribution in [3.05, 3.63) is 0 Å². The lowest BCUT2D eigenvalue weighted by Crippen LogP contribution is -2.52. The van der Waals surface area contributed by atoms with Gasteiger partial charge in [-0.1, -0.05) is 20.3 Å². The van der Waals surface area contributed by atoms with Crippen LogP contribution in [0, 0.1) is 10.8 Å². The minimum Gasteiger partial charge on any atom is -0.481 e. The summed E-state index contributed by atoms with van der Waals surface area (Å²) in [5.74, 6) is -0.651. The van der Waals surface area contributed by atoms with Gasteiger partial charge in [0.2, 0.25) is 5.91 Å². The fraction of sp³-hybridized carbons (Fsp3) is 0.867. The highest BCUT2D eigenvalue weighted by atomic mass is 16.4. The Morgan fingerprint density at radius 3 is 2.20 bits per heavy atom. The Kier molecular flexibility index (Phi) is 5.57. The van der Waals surface area contributed by atoms with E-state index in [-0.39, 0.29) is 5.91 Å². The van der Waals surface area contributed by atoms with Crippen molar-refractivity contribution in [2.24, 2.45) is 16.6 Å². The van der Waals surface area contributed by atoms with Crippen molar-refractivity contribution in [3.63, 3.8) is 0 Å². The molecule has 0 aromatic carbocycles. The smallest absolute Gasteiger partial charge is 0.309 e. The van der Waals surface area contributed by atoms with E-state index in [9.17, 15) is 14.7 Å². The third-order valence-corrected chi connectivity index (χ3v) is 4.94. The normalized spacial score (nSPS) is 21.3. The Morgan fingerprint density at radius 2 is 1.85 bits per heavy atom. The number of likely N-dealkylation sites (tertiary alicyclic amines) is 1. The van der Waals surface area contributed by atoms with Gasteiger partial charge in [-0.25, -0.2) is 0 Å². The van der Waals surface area contributed by atoms with Gasteiger partial charge in [-0.15, -0.1) is 0 Å². The first-order chi connectivity index (χ1) is 9.35. The monoisotopic (exact) mass is 284 g/mol. The number of carboxylic acids is 1. The van der Waals surface area contributed by atoms with Crippen LogP contribution in [0.15, 0.2) is 0 Å². The first-order valence-corrected chi connectivity index (χ1v) is 7.58. The Hall–Kier alpha value is -1.10. The van der Waals surface area contributed by atoms with Gasteiger partial charge in [-0.2, -0.15) is 0 Å². The number of amides is 1. The molecular weight excluding hydrogens is 256 g/mol. The fourth-order valence-corrected chi connectivity index (χ4v) is 2.95. The van der Waals surface area contributed by atoms with Gasteiger partial charge in [-0.05, 0) is 32.6 Å². The molecule has 1 aliphatic rings. The summed E-state index contributed by atoms with van der Waals surface area (Å²) < 4.78 is 0. The molecule has 116 valence electrons. The van der Waals surface area contributed by atoms with E-state index in [4.69, 9.17) is 5.73 Å².